The number of ether oxygens (including phenoxy) is 1. The predicted molar refractivity (Wildman–Crippen MR) is 57.7 cm³/mol. The average Bonchev–Trinajstić information content (AvgIpc) is 2.27. The molecule has 0 spiro atoms. The third kappa shape index (κ3) is 3.72. The van der Waals surface area contributed by atoms with Crippen molar-refractivity contribution in [1.82, 2.24) is 5.32 Å². The Balaban J connectivity index is 2.86. The zero-order valence-electron chi connectivity index (χ0n) is 9.52. The molecule has 10 heteroatoms. The first-order valence-corrected chi connectivity index (χ1v) is 6.42. The third-order valence-electron chi connectivity index (χ3n) is 2.47. The highest BCUT2D eigenvalue weighted by Gasteiger charge is 2.45. The van der Waals surface area contributed by atoms with E-state index in [4.69, 9.17) is 14.7 Å². The zero-order valence-corrected chi connectivity index (χ0v) is 10.5. The van der Waals surface area contributed by atoms with E-state index >= 15 is 0 Å². The highest BCUT2D eigenvalue weighted by atomic mass is 31.1. The largest absolute Gasteiger partial charge is 0.394 e. The second-order valence-corrected chi connectivity index (χ2v) is 4.58. The number of rotatable bonds is 4. The van der Waals surface area contributed by atoms with Gasteiger partial charge in [-0.15, -0.1) is 0 Å². The summed E-state index contributed by atoms with van der Waals surface area (Å²) in [6, 6.07) is -1.21. The van der Waals surface area contributed by atoms with Gasteiger partial charge in [0.05, 0.1) is 6.61 Å². The first-order chi connectivity index (χ1) is 8.36. The molecule has 1 aliphatic heterocycles. The van der Waals surface area contributed by atoms with Gasteiger partial charge in [-0.05, 0) is 0 Å². The van der Waals surface area contributed by atoms with Crippen molar-refractivity contribution in [3.63, 3.8) is 0 Å². The first kappa shape index (κ1) is 15.5. The molecule has 106 valence electrons. The zero-order chi connectivity index (χ0) is 13.9. The Hall–Kier alpha value is -0.540. The molecule has 0 aliphatic carbocycles. The standard InChI is InChI=1S/C8H16NO8P/c1-3(11)9-5-7(13)6(12)4(2-10)16-8(5)17-18(14)15/h4-8,10,12-13,18H,2H2,1H3,(H,9,11)(H,14,15)/t4-,5-,6-,7-,8?/m1/s1. The van der Waals surface area contributed by atoms with E-state index in [0.29, 0.717) is 0 Å². The molecule has 1 fully saturated rings. The fourth-order valence-electron chi connectivity index (χ4n) is 1.67. The van der Waals surface area contributed by atoms with Gasteiger partial charge >= 0.3 is 8.25 Å². The van der Waals surface area contributed by atoms with Gasteiger partial charge in [-0.25, -0.2) is 0 Å². The van der Waals surface area contributed by atoms with Gasteiger partial charge in [-0.1, -0.05) is 0 Å². The molecule has 1 aliphatic rings. The Labute approximate surface area is 103 Å². The molecular formula is C8H16NO8P. The molecule has 1 amide bonds. The summed E-state index contributed by atoms with van der Waals surface area (Å²) < 4.78 is 20.2. The minimum absolute atomic E-state index is 0.538. The molecule has 0 aromatic carbocycles. The summed E-state index contributed by atoms with van der Waals surface area (Å²) in [4.78, 5) is 19.6. The molecule has 0 saturated carbocycles. The van der Waals surface area contributed by atoms with Crippen LogP contribution >= 0.6 is 8.25 Å². The number of hydrogen-bond acceptors (Lipinski definition) is 7. The van der Waals surface area contributed by atoms with Crippen LogP contribution in [0.25, 0.3) is 0 Å². The summed E-state index contributed by atoms with van der Waals surface area (Å²) in [7, 11) is -3.37. The van der Waals surface area contributed by atoms with E-state index in [1.165, 1.54) is 0 Å². The summed E-state index contributed by atoms with van der Waals surface area (Å²) in [6.45, 7) is 0.549. The van der Waals surface area contributed by atoms with Crippen molar-refractivity contribution in [1.29, 1.82) is 0 Å². The van der Waals surface area contributed by atoms with Crippen LogP contribution in [-0.4, -0.2) is 63.4 Å². The maximum absolute atomic E-state index is 10.9. The Morgan fingerprint density at radius 2 is 2.06 bits per heavy atom. The lowest BCUT2D eigenvalue weighted by molar-refractivity contribution is -0.244. The van der Waals surface area contributed by atoms with Gasteiger partial charge in [-0.3, -0.25) is 13.9 Å². The fourth-order valence-corrected chi connectivity index (χ4v) is 2.07. The maximum atomic E-state index is 10.9. The minimum atomic E-state index is -3.37. The summed E-state index contributed by atoms with van der Waals surface area (Å²) in [6.07, 6.45) is -5.55. The van der Waals surface area contributed by atoms with Crippen LogP contribution in [0.5, 0.6) is 0 Å². The molecule has 2 unspecified atom stereocenters. The highest BCUT2D eigenvalue weighted by molar-refractivity contribution is 7.32. The number of aliphatic hydroxyl groups excluding tert-OH is 3. The van der Waals surface area contributed by atoms with Gasteiger partial charge in [-0.2, -0.15) is 0 Å². The molecule has 1 rings (SSSR count). The molecule has 6 atom stereocenters. The van der Waals surface area contributed by atoms with Crippen LogP contribution in [0.4, 0.5) is 0 Å². The molecule has 9 nitrogen and oxygen atoms in total. The lowest BCUT2D eigenvalue weighted by Crippen LogP contribution is -2.64. The van der Waals surface area contributed by atoms with Crippen molar-refractivity contribution in [3.05, 3.63) is 0 Å². The highest BCUT2D eigenvalue weighted by Crippen LogP contribution is 2.28. The molecule has 0 aromatic heterocycles. The van der Waals surface area contributed by atoms with Crippen LogP contribution in [0, 0.1) is 0 Å². The molecule has 0 aromatic rings. The van der Waals surface area contributed by atoms with E-state index in [0.717, 1.165) is 6.92 Å². The van der Waals surface area contributed by atoms with Crippen LogP contribution in [0.2, 0.25) is 0 Å². The second-order valence-electron chi connectivity index (χ2n) is 3.82. The number of aliphatic hydroxyl groups is 3. The van der Waals surface area contributed by atoms with Gasteiger partial charge in [0.25, 0.3) is 0 Å². The van der Waals surface area contributed by atoms with Gasteiger partial charge in [0.1, 0.15) is 24.4 Å². The van der Waals surface area contributed by atoms with E-state index in [1.54, 1.807) is 0 Å². The lowest BCUT2D eigenvalue weighted by atomic mass is 9.97. The molecule has 18 heavy (non-hydrogen) atoms. The Morgan fingerprint density at radius 1 is 1.44 bits per heavy atom. The normalized spacial score (nSPS) is 38.2. The van der Waals surface area contributed by atoms with Gasteiger partial charge < -0.3 is 30.3 Å². The van der Waals surface area contributed by atoms with E-state index in [1.807, 2.05) is 0 Å². The number of amides is 1. The molecule has 0 bridgehead atoms. The summed E-state index contributed by atoms with van der Waals surface area (Å²) in [5, 5.41) is 30.5. The molecule has 1 saturated heterocycles. The van der Waals surface area contributed by atoms with Gasteiger partial charge in [0.2, 0.25) is 5.91 Å². The number of carbonyl (C=O) groups is 1. The van der Waals surface area contributed by atoms with Crippen LogP contribution in [0.3, 0.4) is 0 Å². The van der Waals surface area contributed by atoms with E-state index in [2.05, 4.69) is 9.84 Å². The monoisotopic (exact) mass is 285 g/mol. The number of carbonyl (C=O) groups excluding carboxylic acids is 1. The Morgan fingerprint density at radius 3 is 2.50 bits per heavy atom. The quantitative estimate of drug-likeness (QED) is 0.351. The second kappa shape index (κ2) is 6.58. The van der Waals surface area contributed by atoms with Gasteiger partial charge in [0, 0.05) is 6.92 Å². The first-order valence-electron chi connectivity index (χ1n) is 5.16. The van der Waals surface area contributed by atoms with Crippen molar-refractivity contribution >= 4 is 14.2 Å². The Kier molecular flexibility index (Phi) is 5.67. The Bertz CT molecular complexity index is 326. The molecule has 5 N–H and O–H groups in total. The minimum Gasteiger partial charge on any atom is -0.394 e. The van der Waals surface area contributed by atoms with Crippen molar-refractivity contribution in [2.24, 2.45) is 0 Å². The lowest BCUT2D eigenvalue weighted by Gasteiger charge is -2.41. The molecular weight excluding hydrogens is 269 g/mol. The summed E-state index contributed by atoms with van der Waals surface area (Å²) >= 11 is 0. The number of hydrogen-bond donors (Lipinski definition) is 5. The van der Waals surface area contributed by atoms with Crippen molar-refractivity contribution in [2.75, 3.05) is 6.61 Å². The van der Waals surface area contributed by atoms with Crippen LogP contribution in [0.15, 0.2) is 0 Å². The topological polar surface area (TPSA) is 146 Å². The van der Waals surface area contributed by atoms with Crippen LogP contribution in [-0.2, 0) is 18.6 Å². The van der Waals surface area contributed by atoms with E-state index < -0.39 is 51.4 Å². The SMILES string of the molecule is CC(=O)N[C@H]1C(O[PH](=O)O)O[C@H](CO)[C@@H](O)[C@@H]1O. The van der Waals surface area contributed by atoms with Crippen LogP contribution in [0.1, 0.15) is 6.92 Å². The van der Waals surface area contributed by atoms with Gasteiger partial charge in [0.15, 0.2) is 6.29 Å². The third-order valence-corrected chi connectivity index (χ3v) is 2.90. The average molecular weight is 285 g/mol. The smallest absolute Gasteiger partial charge is 0.318 e. The molecule has 0 radical (unpaired) electrons. The number of nitrogens with one attached hydrogen (secondary N) is 1. The summed E-state index contributed by atoms with van der Waals surface area (Å²) in [5.41, 5.74) is 0. The summed E-state index contributed by atoms with van der Waals surface area (Å²) in [5.74, 6) is -0.538. The molecule has 1 heterocycles. The van der Waals surface area contributed by atoms with Crippen molar-refractivity contribution in [2.45, 2.75) is 37.6 Å². The maximum Gasteiger partial charge on any atom is 0.318 e. The van der Waals surface area contributed by atoms with Crippen molar-refractivity contribution in [3.8, 4) is 0 Å². The van der Waals surface area contributed by atoms with Crippen LogP contribution < -0.4 is 5.32 Å². The van der Waals surface area contributed by atoms with E-state index in [9.17, 15) is 19.6 Å². The van der Waals surface area contributed by atoms with Crippen molar-refractivity contribution < 1.29 is 38.8 Å². The predicted octanol–water partition coefficient (Wildman–Crippen LogP) is -2.67. The van der Waals surface area contributed by atoms with E-state index in [-0.39, 0.29) is 0 Å². The fraction of sp³-hybridized carbons (Fsp3) is 0.875.